The predicted octanol–water partition coefficient (Wildman–Crippen LogP) is 23.6. The number of hydrogen-bond donors (Lipinski definition) is 0. The lowest BCUT2D eigenvalue weighted by molar-refractivity contribution is -0.167. The van der Waals surface area contributed by atoms with Crippen molar-refractivity contribution < 1.29 is 28.6 Å². The summed E-state index contributed by atoms with van der Waals surface area (Å²) in [5.41, 5.74) is 0. The van der Waals surface area contributed by atoms with Gasteiger partial charge in [-0.15, -0.1) is 0 Å². The summed E-state index contributed by atoms with van der Waals surface area (Å²) in [6.45, 7) is 6.51. The van der Waals surface area contributed by atoms with Gasteiger partial charge in [-0.25, -0.2) is 0 Å². The number of esters is 3. The monoisotopic (exact) mass is 1110 g/mol. The SMILES string of the molecule is CC/C=C\C/C=C\C/C=C\C/C=C\C/C=C\CCCCCCCCCCCCCC(=O)OCC(COC(=O)CCCCCCC/C=C\C/C=C\CCCC)OC(=O)CCCCCCCCCCC/C=C\CCCCCCCCCC. The fraction of sp³-hybridized carbons (Fsp3) is 0.743. The highest BCUT2D eigenvalue weighted by Gasteiger charge is 2.19. The van der Waals surface area contributed by atoms with Crippen LogP contribution in [0.3, 0.4) is 0 Å². The topological polar surface area (TPSA) is 78.9 Å². The Labute approximate surface area is 496 Å². The smallest absolute Gasteiger partial charge is 0.306 e. The normalized spacial score (nSPS) is 12.7. The fourth-order valence-electron chi connectivity index (χ4n) is 9.66. The van der Waals surface area contributed by atoms with Crippen LogP contribution in [-0.2, 0) is 28.6 Å². The Balaban J connectivity index is 4.32. The van der Waals surface area contributed by atoms with Gasteiger partial charge in [-0.05, 0) is 116 Å². The summed E-state index contributed by atoms with van der Waals surface area (Å²) in [6.07, 6.45) is 91.3. The third-order valence-corrected chi connectivity index (χ3v) is 14.8. The van der Waals surface area contributed by atoms with E-state index in [9.17, 15) is 14.4 Å². The van der Waals surface area contributed by atoms with Gasteiger partial charge in [0.2, 0.25) is 0 Å². The van der Waals surface area contributed by atoms with Crippen molar-refractivity contribution >= 4 is 17.9 Å². The number of hydrogen-bond acceptors (Lipinski definition) is 6. The van der Waals surface area contributed by atoms with Crippen molar-refractivity contribution in [2.24, 2.45) is 0 Å². The number of allylic oxidation sites excluding steroid dienone is 16. The minimum Gasteiger partial charge on any atom is -0.462 e. The van der Waals surface area contributed by atoms with Crippen LogP contribution in [0.5, 0.6) is 0 Å². The number of carbonyl (C=O) groups is 3. The van der Waals surface area contributed by atoms with E-state index in [1.54, 1.807) is 0 Å². The summed E-state index contributed by atoms with van der Waals surface area (Å²) in [5, 5.41) is 0. The van der Waals surface area contributed by atoms with Gasteiger partial charge < -0.3 is 14.2 Å². The molecule has 80 heavy (non-hydrogen) atoms. The van der Waals surface area contributed by atoms with Crippen molar-refractivity contribution in [1.82, 2.24) is 0 Å². The van der Waals surface area contributed by atoms with Gasteiger partial charge in [-0.1, -0.05) is 298 Å². The number of ether oxygens (including phenoxy) is 3. The molecular weight excluding hydrogens is 985 g/mol. The number of unbranched alkanes of at least 4 members (excludes halogenated alkanes) is 35. The first-order valence-corrected chi connectivity index (χ1v) is 34.2. The van der Waals surface area contributed by atoms with Crippen LogP contribution in [0.4, 0.5) is 0 Å². The summed E-state index contributed by atoms with van der Waals surface area (Å²) in [6, 6.07) is 0. The zero-order valence-electron chi connectivity index (χ0n) is 52.8. The molecule has 0 bridgehead atoms. The van der Waals surface area contributed by atoms with Crippen molar-refractivity contribution in [2.75, 3.05) is 13.2 Å². The fourth-order valence-corrected chi connectivity index (χ4v) is 9.66. The van der Waals surface area contributed by atoms with Crippen molar-refractivity contribution in [3.63, 3.8) is 0 Å². The zero-order valence-corrected chi connectivity index (χ0v) is 52.8. The average Bonchev–Trinajstić information content (AvgIpc) is 3.46. The molecule has 1 unspecified atom stereocenters. The molecule has 1 atom stereocenters. The van der Waals surface area contributed by atoms with Crippen molar-refractivity contribution in [3.05, 3.63) is 97.2 Å². The van der Waals surface area contributed by atoms with Crippen molar-refractivity contribution in [3.8, 4) is 0 Å². The van der Waals surface area contributed by atoms with Crippen LogP contribution in [0.1, 0.15) is 335 Å². The van der Waals surface area contributed by atoms with E-state index in [-0.39, 0.29) is 31.1 Å². The Morgan fingerprint density at radius 1 is 0.263 bits per heavy atom. The molecule has 0 aliphatic rings. The number of carbonyl (C=O) groups excluding carboxylic acids is 3. The summed E-state index contributed by atoms with van der Waals surface area (Å²) in [5.74, 6) is -0.888. The van der Waals surface area contributed by atoms with Crippen LogP contribution in [0.25, 0.3) is 0 Å². The van der Waals surface area contributed by atoms with E-state index < -0.39 is 6.10 Å². The Bertz CT molecular complexity index is 1560. The Morgan fingerprint density at radius 3 is 0.812 bits per heavy atom. The molecule has 0 aromatic rings. The van der Waals surface area contributed by atoms with Crippen molar-refractivity contribution in [2.45, 2.75) is 341 Å². The lowest BCUT2D eigenvalue weighted by Crippen LogP contribution is -2.30. The Kier molecular flexibility index (Phi) is 64.7. The molecule has 0 saturated heterocycles. The Morgan fingerprint density at radius 2 is 0.500 bits per heavy atom. The average molecular weight is 1110 g/mol. The zero-order chi connectivity index (χ0) is 57.8. The second kappa shape index (κ2) is 67.8. The van der Waals surface area contributed by atoms with Crippen LogP contribution in [0.2, 0.25) is 0 Å². The molecule has 0 saturated carbocycles. The first-order valence-electron chi connectivity index (χ1n) is 34.2. The van der Waals surface area contributed by atoms with Gasteiger partial charge in [-0.2, -0.15) is 0 Å². The highest BCUT2D eigenvalue weighted by Crippen LogP contribution is 2.17. The van der Waals surface area contributed by atoms with E-state index in [4.69, 9.17) is 14.2 Å². The summed E-state index contributed by atoms with van der Waals surface area (Å²) in [7, 11) is 0. The molecule has 0 aromatic heterocycles. The molecule has 0 radical (unpaired) electrons. The molecule has 0 spiro atoms. The highest BCUT2D eigenvalue weighted by molar-refractivity contribution is 5.71. The predicted molar refractivity (Wildman–Crippen MR) is 348 cm³/mol. The van der Waals surface area contributed by atoms with Crippen molar-refractivity contribution in [1.29, 1.82) is 0 Å². The highest BCUT2D eigenvalue weighted by atomic mass is 16.6. The van der Waals surface area contributed by atoms with Gasteiger partial charge in [0.25, 0.3) is 0 Å². The molecule has 0 fully saturated rings. The molecule has 6 nitrogen and oxygen atoms in total. The second-order valence-electron chi connectivity index (χ2n) is 22.7. The second-order valence-corrected chi connectivity index (χ2v) is 22.7. The van der Waals surface area contributed by atoms with Crippen LogP contribution < -0.4 is 0 Å². The maximum absolute atomic E-state index is 12.9. The van der Waals surface area contributed by atoms with Gasteiger partial charge in [0.1, 0.15) is 13.2 Å². The molecule has 0 aliphatic heterocycles. The first kappa shape index (κ1) is 76.3. The van der Waals surface area contributed by atoms with E-state index in [1.807, 2.05) is 0 Å². The van der Waals surface area contributed by atoms with Crippen LogP contribution >= 0.6 is 0 Å². The van der Waals surface area contributed by atoms with Gasteiger partial charge in [0.05, 0.1) is 0 Å². The molecule has 0 aromatic carbocycles. The lowest BCUT2D eigenvalue weighted by Gasteiger charge is -2.18. The van der Waals surface area contributed by atoms with E-state index in [2.05, 4.69) is 118 Å². The minimum absolute atomic E-state index is 0.0829. The van der Waals surface area contributed by atoms with Gasteiger partial charge >= 0.3 is 17.9 Å². The van der Waals surface area contributed by atoms with E-state index in [0.29, 0.717) is 19.3 Å². The molecule has 0 rings (SSSR count). The maximum atomic E-state index is 12.9. The third kappa shape index (κ3) is 65.1. The summed E-state index contributed by atoms with van der Waals surface area (Å²) >= 11 is 0. The molecule has 6 heteroatoms. The van der Waals surface area contributed by atoms with E-state index in [0.717, 1.165) is 109 Å². The molecule has 0 N–H and O–H groups in total. The summed E-state index contributed by atoms with van der Waals surface area (Å²) in [4.78, 5) is 38.4. The number of rotatable bonds is 62. The molecule has 0 heterocycles. The van der Waals surface area contributed by atoms with E-state index >= 15 is 0 Å². The molecule has 0 amide bonds. The Hall–Kier alpha value is -3.67. The van der Waals surface area contributed by atoms with Gasteiger partial charge in [-0.3, -0.25) is 14.4 Å². The maximum Gasteiger partial charge on any atom is 0.306 e. The quantitative estimate of drug-likeness (QED) is 0.0261. The molecule has 460 valence electrons. The first-order chi connectivity index (χ1) is 39.5. The minimum atomic E-state index is -0.787. The third-order valence-electron chi connectivity index (χ3n) is 14.8. The van der Waals surface area contributed by atoms with Crippen LogP contribution in [-0.4, -0.2) is 37.2 Å². The molecule has 0 aliphatic carbocycles. The van der Waals surface area contributed by atoms with E-state index in [1.165, 1.54) is 186 Å². The van der Waals surface area contributed by atoms with Crippen LogP contribution in [0, 0.1) is 0 Å². The largest absolute Gasteiger partial charge is 0.462 e. The lowest BCUT2D eigenvalue weighted by atomic mass is 10.0. The molecular formula is C74H128O6. The standard InChI is InChI=1S/C74H128O6/c1-4-7-10-13-16-19-22-25-28-30-32-34-35-36-37-38-39-41-42-44-46-49-52-55-58-61-64-67-73(76)79-70-71(69-78-72(75)66-63-60-57-54-51-48-27-24-21-18-15-12-9-6-3)80-74(77)68-65-62-59-56-53-50-47-45-43-40-33-31-29-26-23-20-17-14-11-8-5-2/h7,10,15-16,18-19,24-25,27-28,31-34,36-37,71H,4-6,8-9,11-14,17,20-23,26,29-30,35,38-70H2,1-3H3/b10-7-,18-15-,19-16-,27-24-,28-25-,33-31-,34-32-,37-36-. The van der Waals surface area contributed by atoms with Gasteiger partial charge in [0, 0.05) is 19.3 Å². The van der Waals surface area contributed by atoms with Crippen LogP contribution in [0.15, 0.2) is 97.2 Å². The summed E-state index contributed by atoms with van der Waals surface area (Å²) < 4.78 is 17.0. The van der Waals surface area contributed by atoms with Gasteiger partial charge in [0.15, 0.2) is 6.10 Å².